The highest BCUT2D eigenvalue weighted by molar-refractivity contribution is 6.01. The average Bonchev–Trinajstić information content (AvgIpc) is 2.34. The molecule has 90 valence electrons. The lowest BCUT2D eigenvalue weighted by Crippen LogP contribution is -2.38. The van der Waals surface area contributed by atoms with Gasteiger partial charge in [0.1, 0.15) is 0 Å². The molecule has 0 bridgehead atoms. The van der Waals surface area contributed by atoms with Crippen LogP contribution in [0.3, 0.4) is 0 Å². The van der Waals surface area contributed by atoms with Crippen LogP contribution in [0.4, 0.5) is 0 Å². The van der Waals surface area contributed by atoms with Crippen LogP contribution in [0.15, 0.2) is 43.0 Å². The summed E-state index contributed by atoms with van der Waals surface area (Å²) in [6.45, 7) is 3.92. The van der Waals surface area contributed by atoms with Gasteiger partial charge in [-0.05, 0) is 0 Å². The Kier molecular flexibility index (Phi) is 5.10. The quantitative estimate of drug-likeness (QED) is 0.553. The second-order valence-electron chi connectivity index (χ2n) is 3.58. The molecule has 17 heavy (non-hydrogen) atoms. The number of ketones is 1. The fourth-order valence-corrected chi connectivity index (χ4v) is 1.46. The van der Waals surface area contributed by atoms with Gasteiger partial charge in [0, 0.05) is 12.1 Å². The van der Waals surface area contributed by atoms with E-state index in [4.69, 9.17) is 5.11 Å². The normalized spacial score (nSPS) is 11.8. The van der Waals surface area contributed by atoms with Crippen molar-refractivity contribution in [1.82, 2.24) is 5.32 Å². The molecule has 0 radical (unpaired) electrons. The van der Waals surface area contributed by atoms with Crippen molar-refractivity contribution < 1.29 is 14.7 Å². The summed E-state index contributed by atoms with van der Waals surface area (Å²) in [6.07, 6.45) is 1.36. The first-order valence-corrected chi connectivity index (χ1v) is 5.30. The van der Waals surface area contributed by atoms with E-state index in [-0.39, 0.29) is 12.2 Å². The van der Waals surface area contributed by atoms with Crippen LogP contribution in [0.5, 0.6) is 0 Å². The molecule has 0 aliphatic carbocycles. The van der Waals surface area contributed by atoms with E-state index in [0.717, 1.165) is 0 Å². The molecule has 0 heterocycles. The van der Waals surface area contributed by atoms with E-state index in [2.05, 4.69) is 11.9 Å². The van der Waals surface area contributed by atoms with Crippen LogP contribution in [0.2, 0.25) is 0 Å². The fourth-order valence-electron chi connectivity index (χ4n) is 1.46. The molecular weight excluding hydrogens is 218 g/mol. The molecule has 0 spiro atoms. The molecule has 1 aromatic carbocycles. The van der Waals surface area contributed by atoms with Gasteiger partial charge in [-0.2, -0.15) is 0 Å². The van der Waals surface area contributed by atoms with Crippen molar-refractivity contribution in [2.75, 3.05) is 6.54 Å². The number of carbonyl (C=O) groups is 2. The number of rotatable bonds is 7. The summed E-state index contributed by atoms with van der Waals surface area (Å²) in [5.41, 5.74) is 0.510. The van der Waals surface area contributed by atoms with E-state index in [0.29, 0.717) is 12.1 Å². The van der Waals surface area contributed by atoms with Crippen LogP contribution in [0.1, 0.15) is 16.8 Å². The first-order valence-electron chi connectivity index (χ1n) is 5.30. The van der Waals surface area contributed by atoms with Crippen molar-refractivity contribution in [3.8, 4) is 0 Å². The Morgan fingerprint density at radius 1 is 1.35 bits per heavy atom. The fraction of sp³-hybridized carbons (Fsp3) is 0.231. The number of hydrogen-bond donors (Lipinski definition) is 2. The SMILES string of the molecule is C=CCNC(CC(=O)O)C(=O)c1ccccc1. The van der Waals surface area contributed by atoms with Gasteiger partial charge in [0.25, 0.3) is 0 Å². The van der Waals surface area contributed by atoms with Gasteiger partial charge in [-0.1, -0.05) is 36.4 Å². The number of Topliss-reactive ketones (excluding diaryl/α,β-unsaturated/α-hetero) is 1. The Morgan fingerprint density at radius 2 is 2.00 bits per heavy atom. The number of nitrogens with one attached hydrogen (secondary N) is 1. The molecule has 4 heteroatoms. The predicted octanol–water partition coefficient (Wildman–Crippen LogP) is 1.49. The molecule has 4 nitrogen and oxygen atoms in total. The summed E-state index contributed by atoms with van der Waals surface area (Å²) in [7, 11) is 0. The van der Waals surface area contributed by atoms with E-state index in [9.17, 15) is 9.59 Å². The molecule has 1 aromatic rings. The Bertz CT molecular complexity index is 400. The minimum atomic E-state index is -1.00. The van der Waals surface area contributed by atoms with Crippen LogP contribution in [0.25, 0.3) is 0 Å². The summed E-state index contributed by atoms with van der Waals surface area (Å²) in [6, 6.07) is 7.93. The Hall–Kier alpha value is -1.94. The molecule has 1 atom stereocenters. The molecule has 0 saturated heterocycles. The van der Waals surface area contributed by atoms with Gasteiger partial charge in [-0.15, -0.1) is 6.58 Å². The van der Waals surface area contributed by atoms with Gasteiger partial charge < -0.3 is 10.4 Å². The van der Waals surface area contributed by atoms with E-state index in [1.54, 1.807) is 36.4 Å². The number of aliphatic carboxylic acids is 1. The van der Waals surface area contributed by atoms with E-state index in [1.165, 1.54) is 0 Å². The molecule has 0 fully saturated rings. The van der Waals surface area contributed by atoms with Crippen LogP contribution in [-0.2, 0) is 4.79 Å². The Morgan fingerprint density at radius 3 is 2.53 bits per heavy atom. The highest BCUT2D eigenvalue weighted by Crippen LogP contribution is 2.06. The highest BCUT2D eigenvalue weighted by Gasteiger charge is 2.21. The van der Waals surface area contributed by atoms with E-state index < -0.39 is 12.0 Å². The first-order chi connectivity index (χ1) is 8.15. The third kappa shape index (κ3) is 4.20. The van der Waals surface area contributed by atoms with Crippen molar-refractivity contribution in [2.24, 2.45) is 0 Å². The van der Waals surface area contributed by atoms with Gasteiger partial charge in [0.05, 0.1) is 12.5 Å². The van der Waals surface area contributed by atoms with E-state index in [1.807, 2.05) is 0 Å². The molecule has 0 aliphatic heterocycles. The monoisotopic (exact) mass is 233 g/mol. The molecule has 0 aromatic heterocycles. The van der Waals surface area contributed by atoms with Crippen LogP contribution < -0.4 is 5.32 Å². The molecule has 0 saturated carbocycles. The highest BCUT2D eigenvalue weighted by atomic mass is 16.4. The lowest BCUT2D eigenvalue weighted by atomic mass is 10.0. The number of benzene rings is 1. The number of carbonyl (C=O) groups excluding carboxylic acids is 1. The van der Waals surface area contributed by atoms with Crippen molar-refractivity contribution in [2.45, 2.75) is 12.5 Å². The van der Waals surface area contributed by atoms with Crippen molar-refractivity contribution in [3.63, 3.8) is 0 Å². The van der Waals surface area contributed by atoms with Crippen molar-refractivity contribution in [3.05, 3.63) is 48.6 Å². The molecule has 0 amide bonds. The third-order valence-corrected chi connectivity index (χ3v) is 2.26. The Balaban J connectivity index is 2.78. The largest absolute Gasteiger partial charge is 0.481 e. The summed E-state index contributed by atoms with van der Waals surface area (Å²) in [5.74, 6) is -1.22. The first kappa shape index (κ1) is 13.1. The smallest absolute Gasteiger partial charge is 0.305 e. The van der Waals surface area contributed by atoms with Gasteiger partial charge in [-0.3, -0.25) is 9.59 Å². The van der Waals surface area contributed by atoms with Crippen molar-refractivity contribution >= 4 is 11.8 Å². The maximum absolute atomic E-state index is 12.0. The second kappa shape index (κ2) is 6.60. The lowest BCUT2D eigenvalue weighted by Gasteiger charge is -2.14. The summed E-state index contributed by atoms with van der Waals surface area (Å²) in [4.78, 5) is 22.7. The maximum Gasteiger partial charge on any atom is 0.305 e. The van der Waals surface area contributed by atoms with E-state index >= 15 is 0 Å². The third-order valence-electron chi connectivity index (χ3n) is 2.26. The van der Waals surface area contributed by atoms with Gasteiger partial charge in [-0.25, -0.2) is 0 Å². The second-order valence-corrected chi connectivity index (χ2v) is 3.58. The van der Waals surface area contributed by atoms with Crippen molar-refractivity contribution in [1.29, 1.82) is 0 Å². The number of carboxylic acids is 1. The minimum Gasteiger partial charge on any atom is -0.481 e. The summed E-state index contributed by atoms with van der Waals surface area (Å²) < 4.78 is 0. The van der Waals surface area contributed by atoms with Gasteiger partial charge in [0.15, 0.2) is 5.78 Å². The zero-order chi connectivity index (χ0) is 12.7. The summed E-state index contributed by atoms with van der Waals surface area (Å²) in [5, 5.41) is 11.6. The van der Waals surface area contributed by atoms with Crippen LogP contribution in [0, 0.1) is 0 Å². The molecular formula is C13H15NO3. The zero-order valence-corrected chi connectivity index (χ0v) is 9.43. The number of hydrogen-bond acceptors (Lipinski definition) is 3. The molecule has 1 rings (SSSR count). The summed E-state index contributed by atoms with van der Waals surface area (Å²) >= 11 is 0. The number of carboxylic acid groups (broad SMARTS) is 1. The Labute approximate surface area is 100.0 Å². The topological polar surface area (TPSA) is 66.4 Å². The van der Waals surface area contributed by atoms with Crippen LogP contribution in [-0.4, -0.2) is 29.4 Å². The van der Waals surface area contributed by atoms with Gasteiger partial charge in [0.2, 0.25) is 0 Å². The van der Waals surface area contributed by atoms with Gasteiger partial charge >= 0.3 is 5.97 Å². The molecule has 0 aliphatic rings. The zero-order valence-electron chi connectivity index (χ0n) is 9.43. The molecule has 1 unspecified atom stereocenters. The lowest BCUT2D eigenvalue weighted by molar-refractivity contribution is -0.137. The minimum absolute atomic E-state index is 0.213. The average molecular weight is 233 g/mol. The standard InChI is InChI=1S/C13H15NO3/c1-2-8-14-11(9-12(15)16)13(17)10-6-4-3-5-7-10/h2-7,11,14H,1,8-9H2,(H,15,16). The van der Waals surface area contributed by atoms with Crippen LogP contribution >= 0.6 is 0 Å². The molecule has 2 N–H and O–H groups in total. The predicted molar refractivity (Wildman–Crippen MR) is 65.0 cm³/mol. The maximum atomic E-state index is 12.0.